The molecule has 0 heterocycles. The van der Waals surface area contributed by atoms with Gasteiger partial charge in [-0.25, -0.2) is 0 Å². The second-order valence-corrected chi connectivity index (χ2v) is 4.69. The fourth-order valence-electron chi connectivity index (χ4n) is 2.26. The topological polar surface area (TPSA) is 47.9 Å². The first-order valence-electron chi connectivity index (χ1n) is 6.93. The summed E-state index contributed by atoms with van der Waals surface area (Å²) in [6, 6.07) is 10.8. The van der Waals surface area contributed by atoms with Crippen molar-refractivity contribution in [2.45, 2.75) is 6.42 Å². The van der Waals surface area contributed by atoms with Gasteiger partial charge in [0.05, 0.1) is 26.9 Å². The van der Waals surface area contributed by atoms with Gasteiger partial charge in [0.15, 0.2) is 11.5 Å². The maximum absolute atomic E-state index is 9.48. The first-order chi connectivity index (χ1) is 10.7. The van der Waals surface area contributed by atoms with E-state index in [1.807, 2.05) is 36.4 Å². The number of phenols is 1. The van der Waals surface area contributed by atoms with Crippen LogP contribution < -0.4 is 14.2 Å². The first kappa shape index (κ1) is 15.8. The molecule has 2 aromatic carbocycles. The van der Waals surface area contributed by atoms with E-state index < -0.39 is 0 Å². The third-order valence-corrected chi connectivity index (χ3v) is 3.31. The quantitative estimate of drug-likeness (QED) is 0.884. The molecule has 0 aliphatic heterocycles. The third kappa shape index (κ3) is 3.52. The normalized spacial score (nSPS) is 10.7. The van der Waals surface area contributed by atoms with Crippen molar-refractivity contribution in [3.8, 4) is 23.0 Å². The van der Waals surface area contributed by atoms with Gasteiger partial charge in [-0.05, 0) is 36.2 Å². The summed E-state index contributed by atoms with van der Waals surface area (Å²) in [6.45, 7) is 0. The van der Waals surface area contributed by atoms with Gasteiger partial charge in [-0.15, -0.1) is 0 Å². The maximum Gasteiger partial charge on any atom is 0.171 e. The minimum atomic E-state index is 0.266. The van der Waals surface area contributed by atoms with Crippen LogP contribution in [0.2, 0.25) is 0 Å². The molecule has 0 fully saturated rings. The molecule has 0 aromatic heterocycles. The fourth-order valence-corrected chi connectivity index (χ4v) is 2.26. The lowest BCUT2D eigenvalue weighted by atomic mass is 10.1. The zero-order valence-corrected chi connectivity index (χ0v) is 13.0. The average molecular weight is 300 g/mol. The van der Waals surface area contributed by atoms with Gasteiger partial charge < -0.3 is 19.3 Å². The zero-order valence-electron chi connectivity index (χ0n) is 13.0. The standard InChI is InChI=1S/C18H20O4/c1-20-16-10-11-17(21-2)18(22-3)15(16)9-5-7-13-6-4-8-14(19)12-13/h4-6,8-12,19H,7H2,1-3H3/b9-5+. The van der Waals surface area contributed by atoms with Crippen molar-refractivity contribution in [3.63, 3.8) is 0 Å². The van der Waals surface area contributed by atoms with Crippen molar-refractivity contribution in [3.05, 3.63) is 53.6 Å². The van der Waals surface area contributed by atoms with Crippen LogP contribution in [0, 0.1) is 0 Å². The van der Waals surface area contributed by atoms with Crippen LogP contribution in [0.15, 0.2) is 42.5 Å². The van der Waals surface area contributed by atoms with E-state index in [1.54, 1.807) is 33.5 Å². The van der Waals surface area contributed by atoms with Gasteiger partial charge in [-0.1, -0.05) is 24.3 Å². The Bertz CT molecular complexity index is 662. The molecule has 0 radical (unpaired) electrons. The summed E-state index contributed by atoms with van der Waals surface area (Å²) in [4.78, 5) is 0. The summed E-state index contributed by atoms with van der Waals surface area (Å²) in [6.07, 6.45) is 4.62. The predicted molar refractivity (Wildman–Crippen MR) is 86.9 cm³/mol. The van der Waals surface area contributed by atoms with Crippen LogP contribution in [-0.2, 0) is 6.42 Å². The van der Waals surface area contributed by atoms with E-state index in [-0.39, 0.29) is 5.75 Å². The number of aromatic hydroxyl groups is 1. The van der Waals surface area contributed by atoms with E-state index in [9.17, 15) is 5.11 Å². The van der Waals surface area contributed by atoms with E-state index >= 15 is 0 Å². The minimum absolute atomic E-state index is 0.266. The van der Waals surface area contributed by atoms with Crippen molar-refractivity contribution in [2.75, 3.05) is 21.3 Å². The number of benzene rings is 2. The number of hydrogen-bond acceptors (Lipinski definition) is 4. The van der Waals surface area contributed by atoms with Gasteiger partial charge in [-0.2, -0.15) is 0 Å². The van der Waals surface area contributed by atoms with Gasteiger partial charge >= 0.3 is 0 Å². The molecule has 116 valence electrons. The molecule has 1 N–H and O–H groups in total. The average Bonchev–Trinajstić information content (AvgIpc) is 2.54. The summed E-state index contributed by atoms with van der Waals surface area (Å²) in [5, 5.41) is 9.48. The van der Waals surface area contributed by atoms with E-state index in [0.29, 0.717) is 23.7 Å². The number of allylic oxidation sites excluding steroid dienone is 1. The molecule has 22 heavy (non-hydrogen) atoms. The van der Waals surface area contributed by atoms with Gasteiger partial charge in [0.2, 0.25) is 0 Å². The highest BCUT2D eigenvalue weighted by atomic mass is 16.5. The van der Waals surface area contributed by atoms with Crippen molar-refractivity contribution in [1.29, 1.82) is 0 Å². The Balaban J connectivity index is 2.29. The SMILES string of the molecule is COc1ccc(OC)c(OC)c1/C=C/Cc1cccc(O)c1. The Morgan fingerprint density at radius 2 is 1.68 bits per heavy atom. The number of phenolic OH excluding ortho intramolecular Hbond substituents is 1. The summed E-state index contributed by atoms with van der Waals surface area (Å²) in [7, 11) is 4.82. The monoisotopic (exact) mass is 300 g/mol. The van der Waals surface area contributed by atoms with Crippen molar-refractivity contribution < 1.29 is 19.3 Å². The van der Waals surface area contributed by atoms with Gasteiger partial charge in [-0.3, -0.25) is 0 Å². The molecule has 0 unspecified atom stereocenters. The lowest BCUT2D eigenvalue weighted by molar-refractivity contribution is 0.348. The molecular weight excluding hydrogens is 280 g/mol. The lowest BCUT2D eigenvalue weighted by Gasteiger charge is -2.13. The van der Waals surface area contributed by atoms with Crippen LogP contribution in [0.5, 0.6) is 23.0 Å². The maximum atomic E-state index is 9.48. The molecule has 0 bridgehead atoms. The Labute approximate surface area is 130 Å². The second-order valence-electron chi connectivity index (χ2n) is 4.69. The second kappa shape index (κ2) is 7.41. The molecule has 0 atom stereocenters. The Morgan fingerprint density at radius 3 is 2.32 bits per heavy atom. The van der Waals surface area contributed by atoms with Crippen molar-refractivity contribution >= 4 is 6.08 Å². The summed E-state index contributed by atoms with van der Waals surface area (Å²) >= 11 is 0. The first-order valence-corrected chi connectivity index (χ1v) is 6.93. The van der Waals surface area contributed by atoms with Crippen LogP contribution in [0.1, 0.15) is 11.1 Å². The molecule has 0 amide bonds. The molecule has 2 rings (SSSR count). The number of ether oxygens (including phenoxy) is 3. The largest absolute Gasteiger partial charge is 0.508 e. The van der Waals surface area contributed by atoms with E-state index in [1.165, 1.54) is 0 Å². The Morgan fingerprint density at radius 1 is 0.955 bits per heavy atom. The number of methoxy groups -OCH3 is 3. The molecular formula is C18H20O4. The van der Waals surface area contributed by atoms with Crippen LogP contribution in [0.4, 0.5) is 0 Å². The van der Waals surface area contributed by atoms with E-state index in [0.717, 1.165) is 11.1 Å². The zero-order chi connectivity index (χ0) is 15.9. The summed E-state index contributed by atoms with van der Waals surface area (Å²) < 4.78 is 16.1. The highest BCUT2D eigenvalue weighted by Gasteiger charge is 2.13. The highest BCUT2D eigenvalue weighted by Crippen LogP contribution is 2.38. The molecule has 0 aliphatic rings. The van der Waals surface area contributed by atoms with Crippen LogP contribution in [-0.4, -0.2) is 26.4 Å². The smallest absolute Gasteiger partial charge is 0.171 e. The third-order valence-electron chi connectivity index (χ3n) is 3.31. The summed E-state index contributed by atoms with van der Waals surface area (Å²) in [5.41, 5.74) is 1.85. The Kier molecular flexibility index (Phi) is 5.31. The summed E-state index contributed by atoms with van der Waals surface area (Å²) in [5.74, 6) is 2.27. The minimum Gasteiger partial charge on any atom is -0.508 e. The van der Waals surface area contributed by atoms with Gasteiger partial charge in [0, 0.05) is 0 Å². The molecule has 4 heteroatoms. The lowest BCUT2D eigenvalue weighted by Crippen LogP contribution is -1.96. The molecule has 0 aliphatic carbocycles. The fraction of sp³-hybridized carbons (Fsp3) is 0.222. The van der Waals surface area contributed by atoms with Crippen LogP contribution in [0.25, 0.3) is 6.08 Å². The van der Waals surface area contributed by atoms with E-state index in [2.05, 4.69) is 0 Å². The molecule has 0 saturated carbocycles. The highest BCUT2D eigenvalue weighted by molar-refractivity contribution is 5.68. The molecule has 4 nitrogen and oxygen atoms in total. The van der Waals surface area contributed by atoms with Crippen LogP contribution in [0.3, 0.4) is 0 Å². The molecule has 0 spiro atoms. The molecule has 0 saturated heterocycles. The van der Waals surface area contributed by atoms with Gasteiger partial charge in [0.25, 0.3) is 0 Å². The number of rotatable bonds is 6. The van der Waals surface area contributed by atoms with Crippen LogP contribution >= 0.6 is 0 Å². The van der Waals surface area contributed by atoms with Gasteiger partial charge in [0.1, 0.15) is 11.5 Å². The Hall–Kier alpha value is -2.62. The predicted octanol–water partition coefficient (Wildman–Crippen LogP) is 3.67. The van der Waals surface area contributed by atoms with Crippen molar-refractivity contribution in [1.82, 2.24) is 0 Å². The van der Waals surface area contributed by atoms with E-state index in [4.69, 9.17) is 14.2 Å². The number of hydrogen-bond donors (Lipinski definition) is 1. The molecule has 2 aromatic rings. The van der Waals surface area contributed by atoms with Crippen molar-refractivity contribution in [2.24, 2.45) is 0 Å².